The Hall–Kier alpha value is -1.76. The van der Waals surface area contributed by atoms with Crippen molar-refractivity contribution in [3.63, 3.8) is 0 Å². The highest BCUT2D eigenvalue weighted by molar-refractivity contribution is 5.23. The highest BCUT2D eigenvalue weighted by Gasteiger charge is 2.26. The molecule has 0 aliphatic carbocycles. The van der Waals surface area contributed by atoms with Gasteiger partial charge in [-0.05, 0) is 34.9 Å². The Morgan fingerprint density at radius 3 is 1.48 bits per heavy atom. The van der Waals surface area contributed by atoms with Crippen molar-refractivity contribution in [1.82, 2.24) is 0 Å². The van der Waals surface area contributed by atoms with Crippen molar-refractivity contribution in [2.75, 3.05) is 0 Å². The highest BCUT2D eigenvalue weighted by Crippen LogP contribution is 2.35. The van der Waals surface area contributed by atoms with Gasteiger partial charge in [-0.1, -0.05) is 83.1 Å². The number of para-hydroxylation sites is 1. The van der Waals surface area contributed by atoms with Gasteiger partial charge in [0.25, 0.3) is 0 Å². The normalized spacial score (nSPS) is 11.5. The van der Waals surface area contributed by atoms with Crippen LogP contribution < -0.4 is 0 Å². The fourth-order valence-corrected chi connectivity index (χ4v) is 2.75. The van der Waals surface area contributed by atoms with Crippen molar-refractivity contribution in [3.05, 3.63) is 66.2 Å². The second-order valence-electron chi connectivity index (χ2n) is 7.32. The molecule has 2 rings (SSSR count). The van der Waals surface area contributed by atoms with Gasteiger partial charge in [-0.15, -0.1) is 0 Å². The van der Waals surface area contributed by atoms with Crippen molar-refractivity contribution >= 4 is 0 Å². The number of hydrogen-bond donors (Lipinski definition) is 1. The Kier molecular flexibility index (Phi) is 6.02. The summed E-state index contributed by atoms with van der Waals surface area (Å²) in [6.45, 7) is 11.6. The lowest BCUT2D eigenvalue weighted by atomic mass is 9.72. The number of phenolic OH excluding ortho intramolecular Hbond substituents is 1. The minimum Gasteiger partial charge on any atom is -0.508 e. The third kappa shape index (κ3) is 6.99. The first-order valence-corrected chi connectivity index (χ1v) is 7.50. The van der Waals surface area contributed by atoms with Crippen LogP contribution >= 0.6 is 0 Å². The first-order valence-electron chi connectivity index (χ1n) is 7.50. The van der Waals surface area contributed by atoms with Crippen molar-refractivity contribution in [1.29, 1.82) is 0 Å². The summed E-state index contributed by atoms with van der Waals surface area (Å²) in [5.41, 5.74) is 2.11. The molecule has 1 N–H and O–H groups in total. The largest absolute Gasteiger partial charge is 0.508 e. The lowest BCUT2D eigenvalue weighted by molar-refractivity contribution is 0.284. The number of phenols is 1. The molecule has 0 saturated carbocycles. The zero-order valence-corrected chi connectivity index (χ0v) is 13.9. The van der Waals surface area contributed by atoms with Crippen LogP contribution in [0.25, 0.3) is 0 Å². The van der Waals surface area contributed by atoms with Gasteiger partial charge in [-0.2, -0.15) is 0 Å². The van der Waals surface area contributed by atoms with E-state index in [2.05, 4.69) is 65.0 Å². The summed E-state index contributed by atoms with van der Waals surface area (Å²) in [5.74, 6) is 0.322. The predicted molar refractivity (Wildman–Crippen MR) is 91.6 cm³/mol. The summed E-state index contributed by atoms with van der Waals surface area (Å²) in [7, 11) is 0. The maximum absolute atomic E-state index is 8.63. The van der Waals surface area contributed by atoms with Crippen molar-refractivity contribution < 1.29 is 5.11 Å². The maximum atomic E-state index is 8.63. The van der Waals surface area contributed by atoms with Crippen LogP contribution in [-0.4, -0.2) is 5.11 Å². The average Bonchev–Trinajstić information content (AvgIpc) is 2.39. The lowest BCUT2D eigenvalue weighted by Crippen LogP contribution is -2.24. The van der Waals surface area contributed by atoms with Gasteiger partial charge in [0.05, 0.1) is 0 Å². The number of benzene rings is 2. The number of hydrogen-bond acceptors (Lipinski definition) is 1. The molecule has 0 fully saturated rings. The molecule has 114 valence electrons. The summed E-state index contributed by atoms with van der Waals surface area (Å²) in [6.07, 6.45) is 1.21. The Morgan fingerprint density at radius 2 is 1.14 bits per heavy atom. The molecule has 0 heterocycles. The maximum Gasteiger partial charge on any atom is 0.115 e. The summed E-state index contributed by atoms with van der Waals surface area (Å²) in [4.78, 5) is 0. The van der Waals surface area contributed by atoms with Gasteiger partial charge in [0.2, 0.25) is 0 Å². The van der Waals surface area contributed by atoms with E-state index in [4.69, 9.17) is 5.11 Å². The van der Waals surface area contributed by atoms with Crippen molar-refractivity contribution in [2.24, 2.45) is 5.41 Å². The van der Waals surface area contributed by atoms with Gasteiger partial charge >= 0.3 is 0 Å². The molecule has 1 heteroatoms. The molecule has 0 aromatic heterocycles. The summed E-state index contributed by atoms with van der Waals surface area (Å²) >= 11 is 0. The van der Waals surface area contributed by atoms with Crippen LogP contribution in [-0.2, 0) is 5.41 Å². The molecule has 2 aromatic carbocycles. The van der Waals surface area contributed by atoms with Gasteiger partial charge in [0.15, 0.2) is 0 Å². The second kappa shape index (κ2) is 7.31. The van der Waals surface area contributed by atoms with Gasteiger partial charge < -0.3 is 5.11 Å². The third-order valence-corrected chi connectivity index (χ3v) is 3.28. The number of rotatable bonds is 2. The molecular weight excluding hydrogens is 256 g/mol. The molecule has 0 aliphatic rings. The molecule has 0 unspecified atom stereocenters. The topological polar surface area (TPSA) is 20.2 Å². The van der Waals surface area contributed by atoms with Crippen LogP contribution in [0.1, 0.15) is 46.6 Å². The smallest absolute Gasteiger partial charge is 0.115 e. The van der Waals surface area contributed by atoms with Crippen LogP contribution in [0, 0.1) is 5.41 Å². The third-order valence-electron chi connectivity index (χ3n) is 3.28. The molecule has 0 radical (unpaired) electrons. The molecule has 0 bridgehead atoms. The Morgan fingerprint density at radius 1 is 0.714 bits per heavy atom. The average molecular weight is 284 g/mol. The van der Waals surface area contributed by atoms with E-state index >= 15 is 0 Å². The lowest BCUT2D eigenvalue weighted by Gasteiger charge is -2.32. The molecule has 1 nitrogen and oxygen atoms in total. The van der Waals surface area contributed by atoms with E-state index in [1.54, 1.807) is 24.3 Å². The first kappa shape index (κ1) is 17.3. The molecule has 0 saturated heterocycles. The quantitative estimate of drug-likeness (QED) is 0.739. The summed E-state index contributed by atoms with van der Waals surface area (Å²) < 4.78 is 0. The molecule has 0 amide bonds. The van der Waals surface area contributed by atoms with Crippen LogP contribution in [0.15, 0.2) is 60.7 Å². The van der Waals surface area contributed by atoms with Gasteiger partial charge in [-0.3, -0.25) is 0 Å². The van der Waals surface area contributed by atoms with E-state index in [9.17, 15) is 0 Å². The minimum atomic E-state index is 0.277. The zero-order valence-electron chi connectivity index (χ0n) is 13.9. The van der Waals surface area contributed by atoms with E-state index in [1.807, 2.05) is 6.07 Å². The first-order chi connectivity index (χ1) is 9.71. The molecule has 0 aliphatic heterocycles. The highest BCUT2D eigenvalue weighted by atomic mass is 16.3. The van der Waals surface area contributed by atoms with Gasteiger partial charge in [0.1, 0.15) is 5.75 Å². The molecule has 2 aromatic rings. The van der Waals surface area contributed by atoms with Gasteiger partial charge in [0, 0.05) is 0 Å². The monoisotopic (exact) mass is 284 g/mol. The van der Waals surface area contributed by atoms with Crippen molar-refractivity contribution in [3.8, 4) is 5.75 Å². The Labute approximate surface area is 129 Å². The van der Waals surface area contributed by atoms with Crippen LogP contribution in [0.5, 0.6) is 5.75 Å². The Balaban J connectivity index is 0.000000262. The molecular formula is C20H28O. The fourth-order valence-electron chi connectivity index (χ4n) is 2.75. The van der Waals surface area contributed by atoms with Crippen LogP contribution in [0.3, 0.4) is 0 Å². The molecule has 0 spiro atoms. The van der Waals surface area contributed by atoms with E-state index in [0.717, 1.165) is 0 Å². The summed E-state index contributed by atoms with van der Waals surface area (Å²) in [6, 6.07) is 19.5. The van der Waals surface area contributed by atoms with Gasteiger partial charge in [-0.25, -0.2) is 0 Å². The minimum absolute atomic E-state index is 0.277. The zero-order chi connectivity index (χ0) is 15.9. The van der Waals surface area contributed by atoms with E-state index in [0.29, 0.717) is 11.2 Å². The summed E-state index contributed by atoms with van der Waals surface area (Å²) in [5, 5.41) is 8.63. The van der Waals surface area contributed by atoms with E-state index < -0.39 is 0 Å². The standard InChI is InChI=1S/C14H22.C6H6O/c1-13(2,3)11-14(4,5)12-9-7-6-8-10-12;7-6-4-2-1-3-5-6/h6-10H,11H2,1-5H3;1-5,7H. The molecule has 21 heavy (non-hydrogen) atoms. The van der Waals surface area contributed by atoms with E-state index in [-0.39, 0.29) is 5.41 Å². The predicted octanol–water partition coefficient (Wildman–Crippen LogP) is 5.79. The van der Waals surface area contributed by atoms with E-state index in [1.165, 1.54) is 12.0 Å². The second-order valence-corrected chi connectivity index (χ2v) is 7.32. The van der Waals surface area contributed by atoms with Crippen LogP contribution in [0.2, 0.25) is 0 Å². The van der Waals surface area contributed by atoms with Crippen LogP contribution in [0.4, 0.5) is 0 Å². The fraction of sp³-hybridized carbons (Fsp3) is 0.400. The molecule has 0 atom stereocenters. The number of aromatic hydroxyl groups is 1. The Bertz CT molecular complexity index is 507. The van der Waals surface area contributed by atoms with Crippen molar-refractivity contribution in [2.45, 2.75) is 46.5 Å². The SMILES string of the molecule is CC(C)(C)CC(C)(C)c1ccccc1.Oc1ccccc1.